The Labute approximate surface area is 158 Å². The molecule has 0 aliphatic heterocycles. The fourth-order valence-corrected chi connectivity index (χ4v) is 2.71. The summed E-state index contributed by atoms with van der Waals surface area (Å²) in [6.07, 6.45) is 4.61. The van der Waals surface area contributed by atoms with Gasteiger partial charge in [-0.05, 0) is 36.8 Å². The van der Waals surface area contributed by atoms with Crippen molar-refractivity contribution in [3.8, 4) is 28.6 Å². The lowest BCUT2D eigenvalue weighted by Crippen LogP contribution is -2.16. The van der Waals surface area contributed by atoms with Gasteiger partial charge in [-0.25, -0.2) is 0 Å². The maximum Gasteiger partial charge on any atom is 0.232 e. The SMILES string of the molecule is COc1cc(-c2cc(OCCc3ccn(C)c3)ccc2OC(C)CO)[nH]n1. The molecule has 3 aromatic rings. The second kappa shape index (κ2) is 8.64. The van der Waals surface area contributed by atoms with E-state index in [9.17, 15) is 5.11 Å². The smallest absolute Gasteiger partial charge is 0.232 e. The van der Waals surface area contributed by atoms with Gasteiger partial charge in [0.15, 0.2) is 0 Å². The first-order valence-electron chi connectivity index (χ1n) is 8.84. The van der Waals surface area contributed by atoms with E-state index in [1.807, 2.05) is 42.9 Å². The Bertz CT molecular complexity index is 872. The summed E-state index contributed by atoms with van der Waals surface area (Å²) in [5, 5.41) is 16.3. The second-order valence-electron chi connectivity index (χ2n) is 6.38. The number of aromatic amines is 1. The van der Waals surface area contributed by atoms with Gasteiger partial charge < -0.3 is 23.9 Å². The number of nitrogens with zero attached hydrogens (tertiary/aromatic N) is 2. The van der Waals surface area contributed by atoms with E-state index in [1.54, 1.807) is 13.2 Å². The molecule has 0 bridgehead atoms. The second-order valence-corrected chi connectivity index (χ2v) is 6.38. The molecule has 0 amide bonds. The molecule has 1 atom stereocenters. The third-order valence-electron chi connectivity index (χ3n) is 4.14. The van der Waals surface area contributed by atoms with Crippen LogP contribution in [0.1, 0.15) is 12.5 Å². The third kappa shape index (κ3) is 4.83. The Morgan fingerprint density at radius 1 is 1.26 bits per heavy atom. The molecule has 0 radical (unpaired) electrons. The van der Waals surface area contributed by atoms with Gasteiger partial charge >= 0.3 is 0 Å². The minimum atomic E-state index is -0.321. The number of nitrogens with one attached hydrogen (secondary N) is 1. The van der Waals surface area contributed by atoms with Gasteiger partial charge in [-0.1, -0.05) is 0 Å². The molecule has 1 aromatic carbocycles. The summed E-state index contributed by atoms with van der Waals surface area (Å²) in [6, 6.07) is 9.48. The Morgan fingerprint density at radius 3 is 2.78 bits per heavy atom. The van der Waals surface area contributed by atoms with Gasteiger partial charge in [-0.3, -0.25) is 5.10 Å². The zero-order chi connectivity index (χ0) is 19.2. The van der Waals surface area contributed by atoms with Crippen LogP contribution in [0, 0.1) is 0 Å². The van der Waals surface area contributed by atoms with Crippen LogP contribution >= 0.6 is 0 Å². The van der Waals surface area contributed by atoms with Crippen LogP contribution in [0.5, 0.6) is 17.4 Å². The van der Waals surface area contributed by atoms with Crippen LogP contribution in [0.15, 0.2) is 42.7 Å². The Kier molecular flexibility index (Phi) is 6.03. The molecular weight excluding hydrogens is 346 g/mol. The van der Waals surface area contributed by atoms with E-state index in [0.717, 1.165) is 23.4 Å². The van der Waals surface area contributed by atoms with Crippen LogP contribution < -0.4 is 14.2 Å². The summed E-state index contributed by atoms with van der Waals surface area (Å²) < 4.78 is 18.9. The summed E-state index contributed by atoms with van der Waals surface area (Å²) in [5.74, 6) is 1.86. The van der Waals surface area contributed by atoms with Gasteiger partial charge in [0.05, 0.1) is 26.0 Å². The molecule has 0 fully saturated rings. The molecule has 0 aliphatic rings. The number of aliphatic hydroxyl groups excluding tert-OH is 1. The zero-order valence-corrected chi connectivity index (χ0v) is 15.8. The standard InChI is InChI=1S/C20H25N3O4/c1-14(13-24)27-19-5-4-16(26-9-7-15-6-8-23(2)12-15)10-17(19)18-11-20(25-3)22-21-18/h4-6,8,10-12,14,24H,7,9,13H2,1-3H3,(H,21,22). The quantitative estimate of drug-likeness (QED) is 0.604. The monoisotopic (exact) mass is 371 g/mol. The van der Waals surface area contributed by atoms with Crippen molar-refractivity contribution in [1.29, 1.82) is 0 Å². The average Bonchev–Trinajstić information content (AvgIpc) is 3.31. The van der Waals surface area contributed by atoms with Crippen molar-refractivity contribution in [2.24, 2.45) is 7.05 Å². The summed E-state index contributed by atoms with van der Waals surface area (Å²) in [6.45, 7) is 2.31. The molecule has 1 unspecified atom stereocenters. The highest BCUT2D eigenvalue weighted by atomic mass is 16.5. The summed E-state index contributed by atoms with van der Waals surface area (Å²) in [7, 11) is 3.57. The molecule has 2 N–H and O–H groups in total. The highest BCUT2D eigenvalue weighted by Gasteiger charge is 2.14. The first-order chi connectivity index (χ1) is 13.1. The first kappa shape index (κ1) is 18.8. The summed E-state index contributed by atoms with van der Waals surface area (Å²) in [4.78, 5) is 0. The van der Waals surface area contributed by atoms with Gasteiger partial charge in [0, 0.05) is 37.5 Å². The minimum absolute atomic E-state index is 0.0684. The van der Waals surface area contributed by atoms with Crippen LogP contribution in [0.3, 0.4) is 0 Å². The van der Waals surface area contributed by atoms with E-state index >= 15 is 0 Å². The molecule has 2 aromatic heterocycles. The lowest BCUT2D eigenvalue weighted by atomic mass is 10.1. The predicted molar refractivity (Wildman–Crippen MR) is 102 cm³/mol. The van der Waals surface area contributed by atoms with Crippen molar-refractivity contribution < 1.29 is 19.3 Å². The van der Waals surface area contributed by atoms with E-state index in [2.05, 4.69) is 22.5 Å². The minimum Gasteiger partial charge on any atom is -0.493 e. The number of aliphatic hydroxyl groups is 1. The van der Waals surface area contributed by atoms with Crippen molar-refractivity contribution in [2.45, 2.75) is 19.4 Å². The molecule has 0 saturated heterocycles. The van der Waals surface area contributed by atoms with Crippen molar-refractivity contribution in [3.63, 3.8) is 0 Å². The molecular formula is C20H25N3O4. The fourth-order valence-electron chi connectivity index (χ4n) is 2.71. The molecule has 7 heteroatoms. The van der Waals surface area contributed by atoms with Crippen molar-refractivity contribution in [2.75, 3.05) is 20.3 Å². The van der Waals surface area contributed by atoms with E-state index in [-0.39, 0.29) is 12.7 Å². The van der Waals surface area contributed by atoms with Crippen LogP contribution in [0.4, 0.5) is 0 Å². The first-order valence-corrected chi connectivity index (χ1v) is 8.84. The number of H-pyrrole nitrogens is 1. The normalized spacial score (nSPS) is 12.0. The highest BCUT2D eigenvalue weighted by molar-refractivity contribution is 5.69. The molecule has 2 heterocycles. The summed E-state index contributed by atoms with van der Waals surface area (Å²) >= 11 is 0. The number of rotatable bonds is 9. The lowest BCUT2D eigenvalue weighted by Gasteiger charge is -2.16. The lowest BCUT2D eigenvalue weighted by molar-refractivity contribution is 0.130. The van der Waals surface area contributed by atoms with E-state index in [1.165, 1.54) is 5.56 Å². The summed E-state index contributed by atoms with van der Waals surface area (Å²) in [5.41, 5.74) is 2.77. The Morgan fingerprint density at radius 2 is 2.11 bits per heavy atom. The van der Waals surface area contributed by atoms with E-state index < -0.39 is 0 Å². The van der Waals surface area contributed by atoms with Crippen molar-refractivity contribution in [3.05, 3.63) is 48.3 Å². The number of methoxy groups -OCH3 is 1. The molecule has 144 valence electrons. The van der Waals surface area contributed by atoms with E-state index in [4.69, 9.17) is 14.2 Å². The number of aromatic nitrogens is 3. The van der Waals surface area contributed by atoms with Crippen molar-refractivity contribution in [1.82, 2.24) is 14.8 Å². The van der Waals surface area contributed by atoms with Gasteiger partial charge in [-0.2, -0.15) is 0 Å². The molecule has 27 heavy (non-hydrogen) atoms. The third-order valence-corrected chi connectivity index (χ3v) is 4.14. The predicted octanol–water partition coefficient (Wildman–Crippen LogP) is 2.80. The molecule has 0 spiro atoms. The van der Waals surface area contributed by atoms with E-state index in [0.29, 0.717) is 18.2 Å². The molecule has 0 saturated carbocycles. The maximum absolute atomic E-state index is 9.29. The average molecular weight is 371 g/mol. The molecule has 0 aliphatic carbocycles. The number of benzene rings is 1. The highest BCUT2D eigenvalue weighted by Crippen LogP contribution is 2.34. The molecule has 7 nitrogen and oxygen atoms in total. The Balaban J connectivity index is 1.77. The zero-order valence-electron chi connectivity index (χ0n) is 15.8. The number of ether oxygens (including phenoxy) is 3. The largest absolute Gasteiger partial charge is 0.493 e. The van der Waals surface area contributed by atoms with Gasteiger partial charge in [-0.15, -0.1) is 5.10 Å². The maximum atomic E-state index is 9.29. The number of aryl methyl sites for hydroxylation is 1. The fraction of sp³-hybridized carbons (Fsp3) is 0.350. The van der Waals surface area contributed by atoms with Crippen LogP contribution in [0.25, 0.3) is 11.3 Å². The van der Waals surface area contributed by atoms with Gasteiger partial charge in [0.1, 0.15) is 17.6 Å². The van der Waals surface area contributed by atoms with Crippen LogP contribution in [-0.4, -0.2) is 46.3 Å². The van der Waals surface area contributed by atoms with Crippen LogP contribution in [-0.2, 0) is 13.5 Å². The Hall–Kier alpha value is -2.93. The number of hydrogen-bond acceptors (Lipinski definition) is 5. The van der Waals surface area contributed by atoms with Crippen molar-refractivity contribution >= 4 is 0 Å². The topological polar surface area (TPSA) is 81.5 Å². The van der Waals surface area contributed by atoms with Gasteiger partial charge in [0.25, 0.3) is 0 Å². The molecule has 3 rings (SSSR count). The number of hydrogen-bond donors (Lipinski definition) is 2. The van der Waals surface area contributed by atoms with Gasteiger partial charge in [0.2, 0.25) is 5.88 Å². The van der Waals surface area contributed by atoms with Crippen LogP contribution in [0.2, 0.25) is 0 Å².